The zero-order valence-electron chi connectivity index (χ0n) is 25.8. The van der Waals surface area contributed by atoms with Gasteiger partial charge < -0.3 is 20.3 Å². The number of rotatable bonds is 9. The van der Waals surface area contributed by atoms with Crippen molar-refractivity contribution in [2.45, 2.75) is 68.6 Å². The molecule has 44 heavy (non-hydrogen) atoms. The Morgan fingerprint density at radius 1 is 0.977 bits per heavy atom. The van der Waals surface area contributed by atoms with E-state index >= 15 is 0 Å². The highest BCUT2D eigenvalue weighted by atomic mass is 32.2. The number of hydrogen-bond donors (Lipinski definition) is 2. The predicted molar refractivity (Wildman–Crippen MR) is 178 cm³/mol. The zero-order chi connectivity index (χ0) is 30.8. The molecule has 12 heteroatoms. The van der Waals surface area contributed by atoms with E-state index in [1.54, 1.807) is 62.0 Å². The fourth-order valence-corrected chi connectivity index (χ4v) is 8.59. The number of benzene rings is 2. The van der Waals surface area contributed by atoms with Gasteiger partial charge in [0.15, 0.2) is 15.5 Å². The number of aryl methyl sites for hydroxylation is 1. The maximum absolute atomic E-state index is 13.1. The molecule has 0 aliphatic carbocycles. The van der Waals surface area contributed by atoms with Crippen LogP contribution in [-0.4, -0.2) is 75.9 Å². The Hall–Kier alpha value is -3.35. The van der Waals surface area contributed by atoms with Gasteiger partial charge in [-0.2, -0.15) is 31.3 Å². The number of nitrogens with one attached hydrogen (secondary N) is 2. The van der Waals surface area contributed by atoms with Gasteiger partial charge in [-0.15, -0.1) is 0 Å². The Kier molecular flexibility index (Phi) is 9.02. The van der Waals surface area contributed by atoms with E-state index in [0.717, 1.165) is 43.4 Å². The van der Waals surface area contributed by atoms with Gasteiger partial charge in [0.2, 0.25) is 11.9 Å². The maximum Gasteiger partial charge on any atom is 0.233 e. The Balaban J connectivity index is 1.25. The van der Waals surface area contributed by atoms with Crippen molar-refractivity contribution in [3.8, 4) is 5.75 Å². The van der Waals surface area contributed by atoms with Crippen molar-refractivity contribution in [1.29, 1.82) is 0 Å². The minimum Gasteiger partial charge on any atom is -0.495 e. The monoisotopic (exact) mass is 635 g/mol. The van der Waals surface area contributed by atoms with Gasteiger partial charge in [0.1, 0.15) is 5.75 Å². The summed E-state index contributed by atoms with van der Waals surface area (Å²) in [4.78, 5) is 12.3. The number of hydrogen-bond acceptors (Lipinski definition) is 10. The van der Waals surface area contributed by atoms with Gasteiger partial charge in [0.25, 0.3) is 0 Å². The molecule has 0 saturated carbocycles. The molecule has 2 aliphatic rings. The van der Waals surface area contributed by atoms with Crippen LogP contribution in [0.15, 0.2) is 53.6 Å². The van der Waals surface area contributed by atoms with E-state index in [4.69, 9.17) is 9.72 Å². The number of likely N-dealkylation sites (tertiary alicyclic amines) is 1. The third-order valence-corrected chi connectivity index (χ3v) is 12.1. The molecular weight excluding hydrogens is 595 g/mol. The van der Waals surface area contributed by atoms with Crippen molar-refractivity contribution in [3.05, 3.63) is 59.8 Å². The molecular formula is C32H41N7O3S2. The highest BCUT2D eigenvalue weighted by Gasteiger charge is 2.28. The second kappa shape index (κ2) is 12.9. The minimum atomic E-state index is -3.53. The maximum atomic E-state index is 13.1. The standard InChI is InChI=1S/C32H41N7O3S2/c1-21(2)44(40,41)29-8-6-5-7-26(29)35-32-37-31(36-30-9-14-33-39(30)32)34-27-19-22(3)25(20-28(27)42-4)23-10-15-38(16-11-23)24-12-17-43-18-13-24/h5-9,14,19-21,23-24H,10-13,15-18H2,1-4H3,(H2,34,35,36,37). The molecule has 4 aromatic rings. The molecule has 0 unspecified atom stereocenters. The quantitative estimate of drug-likeness (QED) is 0.221. The summed E-state index contributed by atoms with van der Waals surface area (Å²) in [5.74, 6) is 4.50. The topological polar surface area (TPSA) is 114 Å². The summed E-state index contributed by atoms with van der Waals surface area (Å²) in [6.45, 7) is 7.80. The number of nitrogens with zero attached hydrogens (tertiary/aromatic N) is 5. The summed E-state index contributed by atoms with van der Waals surface area (Å²) in [6, 6.07) is 13.6. The molecule has 2 N–H and O–H groups in total. The summed E-state index contributed by atoms with van der Waals surface area (Å²) in [7, 11) is -1.85. The molecule has 2 saturated heterocycles. The van der Waals surface area contributed by atoms with Crippen molar-refractivity contribution < 1.29 is 13.2 Å². The molecule has 0 atom stereocenters. The SMILES string of the molecule is COc1cc(C2CCN(C3CCSCC3)CC2)c(C)cc1Nc1nc(Nc2ccccc2S(=O)(=O)C(C)C)n2nccc2n1. The van der Waals surface area contributed by atoms with Gasteiger partial charge in [-0.1, -0.05) is 12.1 Å². The van der Waals surface area contributed by atoms with E-state index in [2.05, 4.69) is 56.4 Å². The second-order valence-corrected chi connectivity index (χ2v) is 15.6. The highest BCUT2D eigenvalue weighted by Crippen LogP contribution is 2.38. The van der Waals surface area contributed by atoms with Crippen LogP contribution in [0.3, 0.4) is 0 Å². The largest absolute Gasteiger partial charge is 0.495 e. The Labute approximate surface area is 263 Å². The van der Waals surface area contributed by atoms with E-state index < -0.39 is 15.1 Å². The van der Waals surface area contributed by atoms with Gasteiger partial charge in [0.05, 0.1) is 34.8 Å². The Morgan fingerprint density at radius 3 is 2.45 bits per heavy atom. The van der Waals surface area contributed by atoms with Gasteiger partial charge in [-0.05, 0) is 112 Å². The lowest BCUT2D eigenvalue weighted by Crippen LogP contribution is -2.42. The average Bonchev–Trinajstić information content (AvgIpc) is 3.51. The third kappa shape index (κ3) is 6.25. The molecule has 0 bridgehead atoms. The summed E-state index contributed by atoms with van der Waals surface area (Å²) in [5, 5.41) is 10.4. The zero-order valence-corrected chi connectivity index (χ0v) is 27.4. The van der Waals surface area contributed by atoms with Crippen LogP contribution in [0.1, 0.15) is 56.6 Å². The molecule has 0 amide bonds. The first kappa shape index (κ1) is 30.7. The first-order valence-electron chi connectivity index (χ1n) is 15.3. The highest BCUT2D eigenvalue weighted by molar-refractivity contribution is 7.99. The van der Waals surface area contributed by atoms with Gasteiger partial charge in [0, 0.05) is 12.1 Å². The summed E-state index contributed by atoms with van der Waals surface area (Å²) in [5.41, 5.74) is 4.29. The normalized spacial score (nSPS) is 17.3. The van der Waals surface area contributed by atoms with Crippen molar-refractivity contribution in [3.63, 3.8) is 0 Å². The first-order chi connectivity index (χ1) is 21.2. The number of thioether (sulfide) groups is 1. The van der Waals surface area contributed by atoms with Crippen LogP contribution in [-0.2, 0) is 9.84 Å². The van der Waals surface area contributed by atoms with Crippen molar-refractivity contribution >= 4 is 50.5 Å². The molecule has 10 nitrogen and oxygen atoms in total. The molecule has 0 radical (unpaired) electrons. The van der Waals surface area contributed by atoms with Gasteiger partial charge in [-0.25, -0.2) is 8.42 Å². The Bertz CT molecular complexity index is 1730. The number of aromatic nitrogens is 4. The molecule has 234 valence electrons. The van der Waals surface area contributed by atoms with Gasteiger partial charge in [-0.3, -0.25) is 0 Å². The van der Waals surface area contributed by atoms with Crippen molar-refractivity contribution in [2.24, 2.45) is 0 Å². The molecule has 6 rings (SSSR count). The lowest BCUT2D eigenvalue weighted by Gasteiger charge is -2.39. The fourth-order valence-electron chi connectivity index (χ4n) is 6.31. The van der Waals surface area contributed by atoms with E-state index in [0.29, 0.717) is 29.1 Å². The summed E-state index contributed by atoms with van der Waals surface area (Å²) in [6.07, 6.45) is 6.58. The van der Waals surface area contributed by atoms with E-state index in [1.807, 2.05) is 0 Å². The fraction of sp³-hybridized carbons (Fsp3) is 0.469. The number of para-hydroxylation sites is 1. The number of methoxy groups -OCH3 is 1. The third-order valence-electron chi connectivity index (χ3n) is 8.83. The van der Waals surface area contributed by atoms with Gasteiger partial charge >= 0.3 is 0 Å². The summed E-state index contributed by atoms with van der Waals surface area (Å²) >= 11 is 2.09. The second-order valence-electron chi connectivity index (χ2n) is 11.9. The molecule has 0 spiro atoms. The minimum absolute atomic E-state index is 0.208. The number of piperidine rings is 1. The number of ether oxygens (including phenoxy) is 1. The number of sulfone groups is 1. The lowest BCUT2D eigenvalue weighted by atomic mass is 9.85. The van der Waals surface area contributed by atoms with Crippen LogP contribution in [0.4, 0.5) is 23.3 Å². The van der Waals surface area contributed by atoms with Crippen LogP contribution in [0, 0.1) is 6.92 Å². The average molecular weight is 636 g/mol. The van der Waals surface area contributed by atoms with E-state index in [1.165, 1.54) is 35.5 Å². The molecule has 4 heterocycles. The van der Waals surface area contributed by atoms with Crippen LogP contribution in [0.25, 0.3) is 5.65 Å². The molecule has 2 fully saturated rings. The number of fused-ring (bicyclic) bond motifs is 1. The number of anilines is 4. The molecule has 2 aromatic carbocycles. The van der Waals surface area contributed by atoms with Crippen LogP contribution >= 0.6 is 11.8 Å². The molecule has 2 aromatic heterocycles. The smallest absolute Gasteiger partial charge is 0.233 e. The lowest BCUT2D eigenvalue weighted by molar-refractivity contribution is 0.144. The van der Waals surface area contributed by atoms with Crippen LogP contribution in [0.5, 0.6) is 5.75 Å². The van der Waals surface area contributed by atoms with E-state index in [-0.39, 0.29) is 4.90 Å². The van der Waals surface area contributed by atoms with E-state index in [9.17, 15) is 8.42 Å². The predicted octanol–water partition coefficient (Wildman–Crippen LogP) is 6.19. The van der Waals surface area contributed by atoms with Crippen LogP contribution < -0.4 is 15.4 Å². The van der Waals surface area contributed by atoms with Crippen LogP contribution in [0.2, 0.25) is 0 Å². The summed E-state index contributed by atoms with van der Waals surface area (Å²) < 4.78 is 33.6. The molecule has 2 aliphatic heterocycles. The van der Waals surface area contributed by atoms with Crippen molar-refractivity contribution in [2.75, 3.05) is 42.3 Å². The first-order valence-corrected chi connectivity index (χ1v) is 18.0. The Morgan fingerprint density at radius 2 is 1.73 bits per heavy atom. The van der Waals surface area contributed by atoms with Crippen molar-refractivity contribution in [1.82, 2.24) is 24.5 Å².